The lowest BCUT2D eigenvalue weighted by Gasteiger charge is -2.23. The first-order chi connectivity index (χ1) is 15.5. The molecule has 0 radical (unpaired) electrons. The molecule has 164 valence electrons. The van der Waals surface area contributed by atoms with Crippen molar-refractivity contribution < 1.29 is 14.3 Å². The Hall–Kier alpha value is -3.60. The SMILES string of the molecule is COC(=O)c1cccc(C#Cc2cccc(NC(=O)NCC(c3cccs3)N(C)C)c2)c1. The van der Waals surface area contributed by atoms with Crippen LogP contribution in [0.15, 0.2) is 66.0 Å². The zero-order chi connectivity index (χ0) is 22.9. The number of benzene rings is 2. The van der Waals surface area contributed by atoms with Gasteiger partial charge in [0.1, 0.15) is 0 Å². The summed E-state index contributed by atoms with van der Waals surface area (Å²) in [5.41, 5.74) is 2.54. The van der Waals surface area contributed by atoms with Gasteiger partial charge in [-0.15, -0.1) is 11.3 Å². The van der Waals surface area contributed by atoms with E-state index < -0.39 is 5.97 Å². The molecule has 2 N–H and O–H groups in total. The molecule has 3 rings (SSSR count). The molecule has 0 aliphatic rings. The van der Waals surface area contributed by atoms with Crippen LogP contribution in [0, 0.1) is 11.8 Å². The maximum Gasteiger partial charge on any atom is 0.337 e. The molecule has 0 spiro atoms. The molecule has 0 saturated carbocycles. The Balaban J connectivity index is 1.62. The van der Waals surface area contributed by atoms with Crippen molar-refractivity contribution in [2.24, 2.45) is 0 Å². The number of methoxy groups -OCH3 is 1. The van der Waals surface area contributed by atoms with Gasteiger partial charge in [0.05, 0.1) is 18.7 Å². The number of amides is 2. The van der Waals surface area contributed by atoms with Crippen LogP contribution in [0.1, 0.15) is 32.4 Å². The van der Waals surface area contributed by atoms with Crippen molar-refractivity contribution in [3.05, 3.63) is 87.6 Å². The Labute approximate surface area is 192 Å². The molecule has 1 unspecified atom stereocenters. The summed E-state index contributed by atoms with van der Waals surface area (Å²) in [4.78, 5) is 27.4. The number of thiophene rings is 1. The molecule has 1 heterocycles. The lowest BCUT2D eigenvalue weighted by molar-refractivity contribution is 0.0600. The average Bonchev–Trinajstić information content (AvgIpc) is 3.32. The van der Waals surface area contributed by atoms with Crippen LogP contribution in [0.25, 0.3) is 0 Å². The molecule has 2 aromatic carbocycles. The van der Waals surface area contributed by atoms with Crippen molar-refractivity contribution >= 4 is 29.0 Å². The molecule has 1 aromatic heterocycles. The van der Waals surface area contributed by atoms with Gasteiger partial charge in [-0.2, -0.15) is 0 Å². The molecular weight excluding hydrogens is 422 g/mol. The number of nitrogens with one attached hydrogen (secondary N) is 2. The van der Waals surface area contributed by atoms with Crippen molar-refractivity contribution in [3.63, 3.8) is 0 Å². The van der Waals surface area contributed by atoms with Crippen molar-refractivity contribution in [2.75, 3.05) is 33.1 Å². The van der Waals surface area contributed by atoms with Gasteiger partial charge in [-0.3, -0.25) is 0 Å². The second kappa shape index (κ2) is 11.1. The predicted molar refractivity (Wildman–Crippen MR) is 128 cm³/mol. The number of esters is 1. The fourth-order valence-corrected chi connectivity index (χ4v) is 3.97. The van der Waals surface area contributed by atoms with E-state index in [4.69, 9.17) is 4.74 Å². The number of anilines is 1. The van der Waals surface area contributed by atoms with Gasteiger partial charge < -0.3 is 20.3 Å². The number of carbonyl (C=O) groups is 2. The number of carbonyl (C=O) groups excluding carboxylic acids is 2. The largest absolute Gasteiger partial charge is 0.465 e. The number of rotatable bonds is 6. The molecule has 3 aromatic rings. The molecular formula is C25H25N3O3S. The molecule has 6 nitrogen and oxygen atoms in total. The molecule has 0 aliphatic carbocycles. The van der Waals surface area contributed by atoms with Crippen LogP contribution >= 0.6 is 11.3 Å². The summed E-state index contributed by atoms with van der Waals surface area (Å²) in [5.74, 6) is 5.70. The summed E-state index contributed by atoms with van der Waals surface area (Å²) >= 11 is 1.67. The van der Waals surface area contributed by atoms with Crippen LogP contribution in [0.5, 0.6) is 0 Å². The Morgan fingerprint density at radius 3 is 2.41 bits per heavy atom. The minimum atomic E-state index is -0.401. The third-order valence-corrected chi connectivity index (χ3v) is 5.68. The molecule has 0 aliphatic heterocycles. The minimum Gasteiger partial charge on any atom is -0.465 e. The van der Waals surface area contributed by atoms with E-state index in [1.54, 1.807) is 35.6 Å². The summed E-state index contributed by atoms with van der Waals surface area (Å²) in [6.07, 6.45) is 0. The third kappa shape index (κ3) is 6.45. The average molecular weight is 448 g/mol. The molecule has 2 amide bonds. The number of urea groups is 1. The number of hydrogen-bond acceptors (Lipinski definition) is 5. The van der Waals surface area contributed by atoms with Crippen molar-refractivity contribution in [1.82, 2.24) is 10.2 Å². The van der Waals surface area contributed by atoms with Crippen LogP contribution in [0.2, 0.25) is 0 Å². The van der Waals surface area contributed by atoms with Gasteiger partial charge in [0.25, 0.3) is 0 Å². The zero-order valence-electron chi connectivity index (χ0n) is 18.2. The highest BCUT2D eigenvalue weighted by molar-refractivity contribution is 7.10. The fourth-order valence-electron chi connectivity index (χ4n) is 3.04. The second-order valence-corrected chi connectivity index (χ2v) is 8.21. The fraction of sp³-hybridized carbons (Fsp3) is 0.200. The zero-order valence-corrected chi connectivity index (χ0v) is 19.0. The minimum absolute atomic E-state index is 0.110. The van der Waals surface area contributed by atoms with E-state index in [0.29, 0.717) is 23.4 Å². The predicted octanol–water partition coefficient (Wildman–Crippen LogP) is 4.36. The van der Waals surface area contributed by atoms with Crippen LogP contribution in [0.3, 0.4) is 0 Å². The van der Waals surface area contributed by atoms with Crippen LogP contribution in [-0.2, 0) is 4.74 Å². The lowest BCUT2D eigenvalue weighted by atomic mass is 10.1. The third-order valence-electron chi connectivity index (χ3n) is 4.71. The first-order valence-electron chi connectivity index (χ1n) is 10.0. The number of hydrogen-bond donors (Lipinski definition) is 2. The van der Waals surface area contributed by atoms with Crippen molar-refractivity contribution in [1.29, 1.82) is 0 Å². The Morgan fingerprint density at radius 1 is 1.03 bits per heavy atom. The molecule has 32 heavy (non-hydrogen) atoms. The maximum atomic E-state index is 12.4. The molecule has 0 saturated heterocycles. The van der Waals surface area contributed by atoms with E-state index in [1.165, 1.54) is 12.0 Å². The van der Waals surface area contributed by atoms with Gasteiger partial charge in [-0.05, 0) is 61.9 Å². The van der Waals surface area contributed by atoms with Crippen LogP contribution in [0.4, 0.5) is 10.5 Å². The summed E-state index contributed by atoms with van der Waals surface area (Å²) in [6, 6.07) is 18.2. The first-order valence-corrected chi connectivity index (χ1v) is 10.9. The summed E-state index contributed by atoms with van der Waals surface area (Å²) in [6.45, 7) is 0.495. The van der Waals surface area contributed by atoms with E-state index in [0.717, 1.165) is 5.56 Å². The standard InChI is InChI=1S/C25H25N3O3S/c1-28(2)22(23-11-6-14-32-23)17-26-25(30)27-21-10-5-8-19(16-21)13-12-18-7-4-9-20(15-18)24(29)31-3/h4-11,14-16,22H,17H2,1-3H3,(H2,26,27,30). The smallest absolute Gasteiger partial charge is 0.337 e. The van der Waals surface area contributed by atoms with Crippen LogP contribution in [-0.4, -0.2) is 44.7 Å². The van der Waals surface area contributed by atoms with E-state index in [2.05, 4.69) is 33.4 Å². The molecule has 0 bridgehead atoms. The highest BCUT2D eigenvalue weighted by Crippen LogP contribution is 2.22. The van der Waals surface area contributed by atoms with Gasteiger partial charge in [-0.1, -0.05) is 30.0 Å². The monoisotopic (exact) mass is 447 g/mol. The number of likely N-dealkylation sites (N-methyl/N-ethyl adjacent to an activating group) is 1. The van der Waals surface area contributed by atoms with E-state index in [9.17, 15) is 9.59 Å². The Bertz CT molecular complexity index is 1130. The highest BCUT2D eigenvalue weighted by atomic mass is 32.1. The highest BCUT2D eigenvalue weighted by Gasteiger charge is 2.16. The number of nitrogens with zero attached hydrogens (tertiary/aromatic N) is 1. The maximum absolute atomic E-state index is 12.4. The van der Waals surface area contributed by atoms with Crippen molar-refractivity contribution in [2.45, 2.75) is 6.04 Å². The second-order valence-electron chi connectivity index (χ2n) is 7.23. The first kappa shape index (κ1) is 23.1. The van der Waals surface area contributed by atoms with Gasteiger partial charge in [0, 0.05) is 28.2 Å². The molecule has 7 heteroatoms. The van der Waals surface area contributed by atoms with E-state index in [1.807, 2.05) is 49.8 Å². The molecule has 1 atom stereocenters. The summed E-state index contributed by atoms with van der Waals surface area (Å²) in [7, 11) is 5.33. The Morgan fingerprint density at radius 2 is 1.75 bits per heavy atom. The normalized spacial score (nSPS) is 11.2. The van der Waals surface area contributed by atoms with Gasteiger partial charge in [0.15, 0.2) is 0 Å². The van der Waals surface area contributed by atoms with Gasteiger partial charge in [-0.25, -0.2) is 9.59 Å². The van der Waals surface area contributed by atoms with E-state index >= 15 is 0 Å². The number of ether oxygens (including phenoxy) is 1. The summed E-state index contributed by atoms with van der Waals surface area (Å²) in [5, 5.41) is 7.83. The molecule has 0 fully saturated rings. The van der Waals surface area contributed by atoms with Gasteiger partial charge in [0.2, 0.25) is 0 Å². The van der Waals surface area contributed by atoms with E-state index in [-0.39, 0.29) is 12.1 Å². The lowest BCUT2D eigenvalue weighted by Crippen LogP contribution is -2.36. The quantitative estimate of drug-likeness (QED) is 0.435. The topological polar surface area (TPSA) is 70.7 Å². The van der Waals surface area contributed by atoms with Crippen LogP contribution < -0.4 is 10.6 Å². The van der Waals surface area contributed by atoms with Gasteiger partial charge >= 0.3 is 12.0 Å². The summed E-state index contributed by atoms with van der Waals surface area (Å²) < 4.78 is 4.74. The van der Waals surface area contributed by atoms with Crippen molar-refractivity contribution in [3.8, 4) is 11.8 Å². The Kier molecular flexibility index (Phi) is 8.03.